The summed E-state index contributed by atoms with van der Waals surface area (Å²) in [6, 6.07) is 0. The molecule has 112 valence electrons. The lowest BCUT2D eigenvalue weighted by Crippen LogP contribution is -2.39. The van der Waals surface area contributed by atoms with Crippen molar-refractivity contribution >= 4 is 0 Å². The summed E-state index contributed by atoms with van der Waals surface area (Å²) in [5.74, 6) is 0.529. The number of nitrogens with zero attached hydrogens (tertiary/aromatic N) is 2. The minimum absolute atomic E-state index is 0.0183. The number of nitrogens with two attached hydrogens (primary N) is 1. The molecule has 5 heteroatoms. The molecule has 2 N–H and O–H groups in total. The Labute approximate surface area is 120 Å². The van der Waals surface area contributed by atoms with Crippen LogP contribution in [0.5, 0.6) is 5.88 Å². The summed E-state index contributed by atoms with van der Waals surface area (Å²) in [5.41, 5.74) is 5.36. The van der Waals surface area contributed by atoms with E-state index in [0.29, 0.717) is 12.5 Å². The van der Waals surface area contributed by atoms with Gasteiger partial charge in [0.05, 0.1) is 0 Å². The first-order valence-electron chi connectivity index (χ1n) is 7.38. The number of hydrogen-bond donors (Lipinski definition) is 1. The first kappa shape index (κ1) is 15.0. The van der Waals surface area contributed by atoms with E-state index in [4.69, 9.17) is 10.5 Å². The fourth-order valence-electron chi connectivity index (χ4n) is 2.74. The third-order valence-electron chi connectivity index (χ3n) is 3.94. The molecular formula is C15H25N3O2. The molecule has 0 aromatic carbocycles. The number of ether oxygens (including phenoxy) is 1. The van der Waals surface area contributed by atoms with Crippen LogP contribution in [0.1, 0.15) is 46.5 Å². The van der Waals surface area contributed by atoms with Crippen molar-refractivity contribution in [3.63, 3.8) is 0 Å². The third-order valence-corrected chi connectivity index (χ3v) is 3.94. The first-order chi connectivity index (χ1) is 9.43. The van der Waals surface area contributed by atoms with E-state index in [1.807, 2.05) is 20.8 Å². The summed E-state index contributed by atoms with van der Waals surface area (Å²) >= 11 is 0. The van der Waals surface area contributed by atoms with Crippen molar-refractivity contribution in [2.24, 2.45) is 11.7 Å². The molecule has 1 heterocycles. The second kappa shape index (κ2) is 5.95. The lowest BCUT2D eigenvalue weighted by Gasteiger charge is -2.30. The van der Waals surface area contributed by atoms with Gasteiger partial charge in [0.15, 0.2) is 0 Å². The summed E-state index contributed by atoms with van der Waals surface area (Å²) in [6.45, 7) is 6.56. The SMILES string of the molecule is CC(C)(C)n1ccnc(OC2CCCCC2CN)c1=O. The fraction of sp³-hybridized carbons (Fsp3) is 0.733. The minimum atomic E-state index is -0.280. The molecule has 0 radical (unpaired) electrons. The van der Waals surface area contributed by atoms with E-state index < -0.39 is 0 Å². The summed E-state index contributed by atoms with van der Waals surface area (Å²) < 4.78 is 7.56. The van der Waals surface area contributed by atoms with Gasteiger partial charge in [-0.3, -0.25) is 4.79 Å². The van der Waals surface area contributed by atoms with Crippen molar-refractivity contribution in [3.8, 4) is 5.88 Å². The molecule has 1 aromatic rings. The van der Waals surface area contributed by atoms with Crippen LogP contribution in [0.2, 0.25) is 0 Å². The average molecular weight is 279 g/mol. The summed E-state index contributed by atoms with van der Waals surface area (Å²) in [6.07, 6.45) is 7.69. The van der Waals surface area contributed by atoms with E-state index >= 15 is 0 Å². The van der Waals surface area contributed by atoms with Crippen LogP contribution >= 0.6 is 0 Å². The van der Waals surface area contributed by atoms with E-state index in [9.17, 15) is 4.79 Å². The van der Waals surface area contributed by atoms with Gasteiger partial charge < -0.3 is 15.0 Å². The van der Waals surface area contributed by atoms with Gasteiger partial charge in [0.2, 0.25) is 0 Å². The molecule has 0 saturated heterocycles. The Bertz CT molecular complexity index is 505. The highest BCUT2D eigenvalue weighted by atomic mass is 16.5. The van der Waals surface area contributed by atoms with E-state index in [0.717, 1.165) is 19.3 Å². The molecule has 1 aromatic heterocycles. The van der Waals surface area contributed by atoms with Gasteiger partial charge in [0.1, 0.15) is 6.10 Å². The Morgan fingerprint density at radius 2 is 2.10 bits per heavy atom. The topological polar surface area (TPSA) is 70.1 Å². The number of aromatic nitrogens is 2. The van der Waals surface area contributed by atoms with Gasteiger partial charge in [0.25, 0.3) is 5.88 Å². The van der Waals surface area contributed by atoms with Gasteiger partial charge in [-0.15, -0.1) is 0 Å². The van der Waals surface area contributed by atoms with Gasteiger partial charge in [-0.25, -0.2) is 4.98 Å². The highest BCUT2D eigenvalue weighted by Crippen LogP contribution is 2.26. The fourth-order valence-corrected chi connectivity index (χ4v) is 2.74. The van der Waals surface area contributed by atoms with E-state index in [2.05, 4.69) is 4.98 Å². The molecule has 0 spiro atoms. The lowest BCUT2D eigenvalue weighted by molar-refractivity contribution is 0.0891. The van der Waals surface area contributed by atoms with Gasteiger partial charge in [-0.2, -0.15) is 0 Å². The van der Waals surface area contributed by atoms with Crippen LogP contribution in [-0.4, -0.2) is 22.2 Å². The highest BCUT2D eigenvalue weighted by molar-refractivity contribution is 5.07. The molecule has 1 aliphatic carbocycles. The monoisotopic (exact) mass is 279 g/mol. The molecule has 2 atom stereocenters. The predicted molar refractivity (Wildman–Crippen MR) is 78.9 cm³/mol. The van der Waals surface area contributed by atoms with Gasteiger partial charge in [-0.1, -0.05) is 6.42 Å². The van der Waals surface area contributed by atoms with E-state index in [1.54, 1.807) is 17.0 Å². The lowest BCUT2D eigenvalue weighted by atomic mass is 9.86. The Morgan fingerprint density at radius 1 is 1.40 bits per heavy atom. The van der Waals surface area contributed by atoms with Crippen molar-refractivity contribution in [2.75, 3.05) is 6.54 Å². The number of hydrogen-bond acceptors (Lipinski definition) is 4. The molecule has 20 heavy (non-hydrogen) atoms. The Hall–Kier alpha value is -1.36. The highest BCUT2D eigenvalue weighted by Gasteiger charge is 2.27. The van der Waals surface area contributed by atoms with Crippen LogP contribution < -0.4 is 16.0 Å². The van der Waals surface area contributed by atoms with Crippen LogP contribution in [0, 0.1) is 5.92 Å². The molecule has 0 bridgehead atoms. The molecule has 0 amide bonds. The predicted octanol–water partition coefficient (Wildman–Crippen LogP) is 1.89. The van der Waals surface area contributed by atoms with Crippen LogP contribution in [0.3, 0.4) is 0 Å². The van der Waals surface area contributed by atoms with Crippen molar-refractivity contribution in [1.82, 2.24) is 9.55 Å². The van der Waals surface area contributed by atoms with Gasteiger partial charge in [0, 0.05) is 23.9 Å². The molecule has 2 rings (SSSR count). The van der Waals surface area contributed by atoms with Crippen LogP contribution in [0.25, 0.3) is 0 Å². The van der Waals surface area contributed by atoms with Gasteiger partial charge >= 0.3 is 5.56 Å². The maximum Gasteiger partial charge on any atom is 0.313 e. The molecule has 5 nitrogen and oxygen atoms in total. The van der Waals surface area contributed by atoms with Crippen LogP contribution in [0.15, 0.2) is 17.2 Å². The normalized spacial score (nSPS) is 23.6. The Kier molecular flexibility index (Phi) is 4.48. The zero-order chi connectivity index (χ0) is 14.8. The maximum absolute atomic E-state index is 12.4. The third kappa shape index (κ3) is 3.20. The first-order valence-corrected chi connectivity index (χ1v) is 7.38. The van der Waals surface area contributed by atoms with Crippen molar-refractivity contribution < 1.29 is 4.74 Å². The van der Waals surface area contributed by atoms with Crippen molar-refractivity contribution in [3.05, 3.63) is 22.7 Å². The van der Waals surface area contributed by atoms with Crippen molar-refractivity contribution in [2.45, 2.75) is 58.1 Å². The van der Waals surface area contributed by atoms with Crippen molar-refractivity contribution in [1.29, 1.82) is 0 Å². The van der Waals surface area contributed by atoms with Crippen LogP contribution in [0.4, 0.5) is 0 Å². The quantitative estimate of drug-likeness (QED) is 0.917. The smallest absolute Gasteiger partial charge is 0.313 e. The second-order valence-corrected chi connectivity index (χ2v) is 6.51. The largest absolute Gasteiger partial charge is 0.470 e. The van der Waals surface area contributed by atoms with Crippen LogP contribution in [-0.2, 0) is 5.54 Å². The Morgan fingerprint density at radius 3 is 2.75 bits per heavy atom. The molecular weight excluding hydrogens is 254 g/mol. The maximum atomic E-state index is 12.4. The zero-order valence-electron chi connectivity index (χ0n) is 12.6. The van der Waals surface area contributed by atoms with E-state index in [1.165, 1.54) is 6.42 Å². The summed E-state index contributed by atoms with van der Waals surface area (Å²) in [4.78, 5) is 16.5. The Balaban J connectivity index is 2.23. The summed E-state index contributed by atoms with van der Waals surface area (Å²) in [7, 11) is 0. The molecule has 1 fully saturated rings. The molecule has 1 saturated carbocycles. The minimum Gasteiger partial charge on any atom is -0.470 e. The molecule has 1 aliphatic rings. The molecule has 0 aliphatic heterocycles. The van der Waals surface area contributed by atoms with Gasteiger partial charge in [-0.05, 0) is 46.6 Å². The average Bonchev–Trinajstić information content (AvgIpc) is 2.40. The second-order valence-electron chi connectivity index (χ2n) is 6.51. The summed E-state index contributed by atoms with van der Waals surface area (Å²) in [5, 5.41) is 0. The van der Waals surface area contributed by atoms with E-state index in [-0.39, 0.29) is 23.1 Å². The zero-order valence-corrected chi connectivity index (χ0v) is 12.6. The standard InChI is InChI=1S/C15H25N3O2/c1-15(2,3)18-9-8-17-13(14(18)19)20-12-7-5-4-6-11(12)10-16/h8-9,11-12H,4-7,10,16H2,1-3H3. The molecule has 2 unspecified atom stereocenters. The number of rotatable bonds is 3.